The highest BCUT2D eigenvalue weighted by Crippen LogP contribution is 2.20. The van der Waals surface area contributed by atoms with Crippen LogP contribution in [0.3, 0.4) is 0 Å². The maximum Gasteiger partial charge on any atom is 0.153 e. The van der Waals surface area contributed by atoms with Crippen molar-refractivity contribution in [1.29, 1.82) is 0 Å². The molecule has 0 bridgehead atoms. The van der Waals surface area contributed by atoms with Crippen LogP contribution in [0, 0.1) is 0 Å². The van der Waals surface area contributed by atoms with Gasteiger partial charge in [-0.3, -0.25) is 0 Å². The smallest absolute Gasteiger partial charge is 0.153 e. The number of hydrogen-bond donors (Lipinski definition) is 1. The summed E-state index contributed by atoms with van der Waals surface area (Å²) in [7, 11) is -3.04. The Kier molecular flexibility index (Phi) is 5.82. The van der Waals surface area contributed by atoms with E-state index in [2.05, 4.69) is 5.16 Å². The zero-order valence-electron chi connectivity index (χ0n) is 11.2. The minimum absolute atomic E-state index is 0.0183. The highest BCUT2D eigenvalue weighted by molar-refractivity contribution is 7.91. The molecule has 1 rings (SSSR count). The van der Waals surface area contributed by atoms with E-state index in [1.165, 1.54) is 0 Å². The SMILES string of the molecule is CC/C(=N\O)c1ccccc1OCCS(=O)(=O)CC. The van der Waals surface area contributed by atoms with Crippen LogP contribution in [-0.4, -0.2) is 37.4 Å². The third-order valence-electron chi connectivity index (χ3n) is 2.75. The van der Waals surface area contributed by atoms with Gasteiger partial charge in [0.15, 0.2) is 9.84 Å². The number of benzene rings is 1. The van der Waals surface area contributed by atoms with Crippen LogP contribution in [0.4, 0.5) is 0 Å². The number of para-hydroxylation sites is 1. The molecule has 0 spiro atoms. The standard InChI is InChI=1S/C13H19NO4S/c1-3-12(14-15)11-7-5-6-8-13(11)18-9-10-19(16,17)4-2/h5-8,15H,3-4,9-10H2,1-2H3/b14-12+. The maximum absolute atomic E-state index is 11.4. The maximum atomic E-state index is 11.4. The van der Waals surface area contributed by atoms with Crippen molar-refractivity contribution in [3.63, 3.8) is 0 Å². The van der Waals surface area contributed by atoms with Crippen LogP contribution in [0.25, 0.3) is 0 Å². The summed E-state index contributed by atoms with van der Waals surface area (Å²) < 4.78 is 28.2. The van der Waals surface area contributed by atoms with Crippen LogP contribution < -0.4 is 4.74 Å². The van der Waals surface area contributed by atoms with E-state index in [1.807, 2.05) is 13.0 Å². The summed E-state index contributed by atoms with van der Waals surface area (Å²) in [5.41, 5.74) is 1.19. The van der Waals surface area contributed by atoms with Gasteiger partial charge >= 0.3 is 0 Å². The molecule has 0 saturated heterocycles. The van der Waals surface area contributed by atoms with Crippen molar-refractivity contribution in [1.82, 2.24) is 0 Å². The quantitative estimate of drug-likeness (QED) is 0.473. The number of oxime groups is 1. The van der Waals surface area contributed by atoms with Gasteiger partial charge in [-0.25, -0.2) is 8.42 Å². The van der Waals surface area contributed by atoms with Gasteiger partial charge in [0.25, 0.3) is 0 Å². The van der Waals surface area contributed by atoms with Crippen LogP contribution in [0.5, 0.6) is 5.75 Å². The Bertz CT molecular complexity index is 537. The first kappa shape index (κ1) is 15.5. The fourth-order valence-electron chi connectivity index (χ4n) is 1.57. The minimum atomic E-state index is -3.04. The monoisotopic (exact) mass is 285 g/mol. The first-order valence-corrected chi connectivity index (χ1v) is 7.99. The Morgan fingerprint density at radius 3 is 2.58 bits per heavy atom. The number of nitrogens with zero attached hydrogens (tertiary/aromatic N) is 1. The van der Waals surface area contributed by atoms with Crippen molar-refractivity contribution >= 4 is 15.5 Å². The van der Waals surface area contributed by atoms with E-state index in [4.69, 9.17) is 9.94 Å². The van der Waals surface area contributed by atoms with Gasteiger partial charge in [-0.05, 0) is 18.6 Å². The van der Waals surface area contributed by atoms with E-state index < -0.39 is 9.84 Å². The number of hydrogen-bond acceptors (Lipinski definition) is 5. The second-order valence-electron chi connectivity index (χ2n) is 3.98. The average molecular weight is 285 g/mol. The lowest BCUT2D eigenvalue weighted by Gasteiger charge is -2.11. The molecule has 6 heteroatoms. The molecule has 0 aromatic heterocycles. The van der Waals surface area contributed by atoms with Gasteiger partial charge in [-0.1, -0.05) is 31.1 Å². The molecule has 0 heterocycles. The summed E-state index contributed by atoms with van der Waals surface area (Å²) in [6, 6.07) is 7.11. The number of ether oxygens (including phenoxy) is 1. The van der Waals surface area contributed by atoms with E-state index in [0.717, 1.165) is 0 Å². The Morgan fingerprint density at radius 2 is 2.00 bits per heavy atom. The zero-order chi connectivity index (χ0) is 14.3. The molecule has 0 radical (unpaired) electrons. The first-order chi connectivity index (χ1) is 9.04. The molecule has 0 aliphatic rings. The number of sulfone groups is 1. The van der Waals surface area contributed by atoms with Crippen LogP contribution in [0.2, 0.25) is 0 Å². The Hall–Kier alpha value is -1.56. The minimum Gasteiger partial charge on any atom is -0.492 e. The molecule has 0 amide bonds. The normalized spacial score (nSPS) is 12.4. The Balaban J connectivity index is 2.79. The topological polar surface area (TPSA) is 76.0 Å². The van der Waals surface area contributed by atoms with Crippen LogP contribution >= 0.6 is 0 Å². The van der Waals surface area contributed by atoms with E-state index in [9.17, 15) is 8.42 Å². The largest absolute Gasteiger partial charge is 0.492 e. The summed E-state index contributed by atoms with van der Waals surface area (Å²) in [6.07, 6.45) is 0.560. The fourth-order valence-corrected chi connectivity index (χ4v) is 2.19. The number of rotatable bonds is 7. The van der Waals surface area contributed by atoms with Gasteiger partial charge in [0.2, 0.25) is 0 Å². The third kappa shape index (κ3) is 4.55. The van der Waals surface area contributed by atoms with Crippen molar-refractivity contribution in [2.24, 2.45) is 5.16 Å². The van der Waals surface area contributed by atoms with Gasteiger partial charge in [-0.15, -0.1) is 0 Å². The molecule has 0 atom stereocenters. The summed E-state index contributed by atoms with van der Waals surface area (Å²) >= 11 is 0. The predicted molar refractivity (Wildman–Crippen MR) is 74.9 cm³/mol. The average Bonchev–Trinajstić information content (AvgIpc) is 2.41. The van der Waals surface area contributed by atoms with Gasteiger partial charge in [-0.2, -0.15) is 0 Å². The van der Waals surface area contributed by atoms with Crippen LogP contribution in [-0.2, 0) is 9.84 Å². The van der Waals surface area contributed by atoms with E-state index in [0.29, 0.717) is 23.4 Å². The van der Waals surface area contributed by atoms with Gasteiger partial charge in [0, 0.05) is 11.3 Å². The van der Waals surface area contributed by atoms with E-state index in [1.54, 1.807) is 25.1 Å². The van der Waals surface area contributed by atoms with Gasteiger partial charge < -0.3 is 9.94 Å². The van der Waals surface area contributed by atoms with Gasteiger partial charge in [0.05, 0.1) is 11.5 Å². The van der Waals surface area contributed by atoms with Crippen molar-refractivity contribution in [2.45, 2.75) is 20.3 Å². The summed E-state index contributed by atoms with van der Waals surface area (Å²) in [4.78, 5) is 0. The summed E-state index contributed by atoms with van der Waals surface area (Å²) in [5, 5.41) is 12.2. The molecule has 0 fully saturated rings. The van der Waals surface area contributed by atoms with Crippen LogP contribution in [0.15, 0.2) is 29.4 Å². The third-order valence-corrected chi connectivity index (χ3v) is 4.41. The van der Waals surface area contributed by atoms with E-state index >= 15 is 0 Å². The molecule has 1 N–H and O–H groups in total. The lowest BCUT2D eigenvalue weighted by molar-refractivity contribution is 0.316. The molecular weight excluding hydrogens is 266 g/mol. The predicted octanol–water partition coefficient (Wildman–Crippen LogP) is 2.09. The molecule has 0 saturated carbocycles. The molecule has 0 aliphatic carbocycles. The van der Waals surface area contributed by atoms with Crippen molar-refractivity contribution in [3.8, 4) is 5.75 Å². The summed E-state index contributed by atoms with van der Waals surface area (Å²) in [6.45, 7) is 3.57. The molecule has 1 aromatic carbocycles. The van der Waals surface area contributed by atoms with Crippen LogP contribution in [0.1, 0.15) is 25.8 Å². The zero-order valence-corrected chi connectivity index (χ0v) is 12.0. The van der Waals surface area contributed by atoms with Gasteiger partial charge in [0.1, 0.15) is 12.4 Å². The van der Waals surface area contributed by atoms with Crippen molar-refractivity contribution in [2.75, 3.05) is 18.1 Å². The highest BCUT2D eigenvalue weighted by atomic mass is 32.2. The highest BCUT2D eigenvalue weighted by Gasteiger charge is 2.11. The Labute approximate surface area is 113 Å². The lowest BCUT2D eigenvalue weighted by Crippen LogP contribution is -2.16. The molecule has 19 heavy (non-hydrogen) atoms. The van der Waals surface area contributed by atoms with E-state index in [-0.39, 0.29) is 18.1 Å². The second kappa shape index (κ2) is 7.13. The lowest BCUT2D eigenvalue weighted by atomic mass is 10.1. The Morgan fingerprint density at radius 1 is 1.32 bits per heavy atom. The molecule has 0 unspecified atom stereocenters. The first-order valence-electron chi connectivity index (χ1n) is 6.17. The molecular formula is C13H19NO4S. The fraction of sp³-hybridized carbons (Fsp3) is 0.462. The van der Waals surface area contributed by atoms with Crippen molar-refractivity contribution in [3.05, 3.63) is 29.8 Å². The second-order valence-corrected chi connectivity index (χ2v) is 6.45. The molecule has 1 aromatic rings. The molecule has 0 aliphatic heterocycles. The molecule has 5 nitrogen and oxygen atoms in total. The summed E-state index contributed by atoms with van der Waals surface area (Å²) in [5.74, 6) is 0.620. The molecule has 106 valence electrons. The van der Waals surface area contributed by atoms with Crippen molar-refractivity contribution < 1.29 is 18.4 Å².